The lowest BCUT2D eigenvalue weighted by molar-refractivity contribution is 0.153. The first-order valence-corrected chi connectivity index (χ1v) is 16.2. The van der Waals surface area contributed by atoms with Crippen LogP contribution in [0.5, 0.6) is 0 Å². The Bertz CT molecular complexity index is 1130. The summed E-state index contributed by atoms with van der Waals surface area (Å²) in [6, 6.07) is 0. The van der Waals surface area contributed by atoms with Crippen molar-refractivity contribution in [1.29, 1.82) is 10.8 Å². The smallest absolute Gasteiger partial charge is 0.0185 e. The second kappa shape index (κ2) is 14.8. The van der Waals surface area contributed by atoms with Crippen LogP contribution in [0.2, 0.25) is 0 Å². The molecule has 0 aromatic rings. The van der Waals surface area contributed by atoms with Crippen LogP contribution in [0.4, 0.5) is 0 Å². The standard InChI is InChI=1S/C38H50N2/c39-26-11-4-2-1-3-6-15-34(28-40)36-25-24-35(37-18-9-10-19-38(36)37)31-22-20-30(21-23-31)33-17-12-16-32(27-33)29-13-7-5-8-14-29/h1-3,5-8,10,13,17,19,26-31,34-35,37,39-40H,4,9,11-12,14-16,18,20-25H2/b2-1+,6-3+,39-26?,40-28?. The summed E-state index contributed by atoms with van der Waals surface area (Å²) in [4.78, 5) is 0. The fourth-order valence-electron chi connectivity index (χ4n) is 8.22. The minimum absolute atomic E-state index is 0.233. The number of hydrogen-bond acceptors (Lipinski definition) is 2. The average Bonchev–Trinajstić information content (AvgIpc) is 3.03. The molecule has 0 amide bonds. The summed E-state index contributed by atoms with van der Waals surface area (Å²) in [5.74, 6) is 4.02. The summed E-state index contributed by atoms with van der Waals surface area (Å²) in [7, 11) is 0. The summed E-state index contributed by atoms with van der Waals surface area (Å²) in [5, 5.41) is 15.4. The highest BCUT2D eigenvalue weighted by Crippen LogP contribution is 2.50. The molecule has 0 aromatic carbocycles. The van der Waals surface area contributed by atoms with Crippen LogP contribution in [-0.4, -0.2) is 12.4 Å². The minimum Gasteiger partial charge on any atom is -0.313 e. The lowest BCUT2D eigenvalue weighted by atomic mass is 9.61. The van der Waals surface area contributed by atoms with E-state index < -0.39 is 0 Å². The van der Waals surface area contributed by atoms with E-state index in [9.17, 15) is 0 Å². The topological polar surface area (TPSA) is 47.7 Å². The molecule has 0 heterocycles. The van der Waals surface area contributed by atoms with Crippen LogP contribution in [0.25, 0.3) is 0 Å². The van der Waals surface area contributed by atoms with Gasteiger partial charge in [0.25, 0.3) is 0 Å². The van der Waals surface area contributed by atoms with Crippen LogP contribution in [0.1, 0.15) is 89.9 Å². The molecule has 5 rings (SSSR count). The Morgan fingerprint density at radius 2 is 1.75 bits per heavy atom. The molecule has 0 aliphatic heterocycles. The second-order valence-corrected chi connectivity index (χ2v) is 12.6. The molecule has 4 unspecified atom stereocenters. The largest absolute Gasteiger partial charge is 0.313 e. The Kier molecular flexibility index (Phi) is 10.6. The molecule has 2 heteroatoms. The fraction of sp³-hybridized carbons (Fsp3) is 0.526. The van der Waals surface area contributed by atoms with Crippen LogP contribution in [0.3, 0.4) is 0 Å². The lowest BCUT2D eigenvalue weighted by Gasteiger charge is -2.44. The second-order valence-electron chi connectivity index (χ2n) is 12.6. The molecule has 1 fully saturated rings. The summed E-state index contributed by atoms with van der Waals surface area (Å²) >= 11 is 0. The van der Waals surface area contributed by atoms with Crippen molar-refractivity contribution in [2.45, 2.75) is 89.9 Å². The molecule has 4 atom stereocenters. The van der Waals surface area contributed by atoms with Gasteiger partial charge in [0.15, 0.2) is 0 Å². The molecule has 0 saturated heterocycles. The Balaban J connectivity index is 1.20. The van der Waals surface area contributed by atoms with Crippen LogP contribution < -0.4 is 0 Å². The maximum atomic E-state index is 8.24. The van der Waals surface area contributed by atoms with Crippen molar-refractivity contribution in [2.24, 2.45) is 35.5 Å². The quantitative estimate of drug-likeness (QED) is 0.150. The molecular weight excluding hydrogens is 484 g/mol. The predicted molar refractivity (Wildman–Crippen MR) is 172 cm³/mol. The predicted octanol–water partition coefficient (Wildman–Crippen LogP) is 10.4. The number of allylic oxidation sites excluding steroid dienone is 16. The van der Waals surface area contributed by atoms with Gasteiger partial charge in [-0.05, 0) is 131 Å². The third-order valence-electron chi connectivity index (χ3n) is 10.3. The Morgan fingerprint density at radius 1 is 0.875 bits per heavy atom. The van der Waals surface area contributed by atoms with Gasteiger partial charge in [-0.2, -0.15) is 0 Å². The highest BCUT2D eigenvalue weighted by atomic mass is 14.4. The molecule has 212 valence electrons. The first kappa shape index (κ1) is 28.8. The average molecular weight is 535 g/mol. The van der Waals surface area contributed by atoms with Crippen molar-refractivity contribution in [3.63, 3.8) is 0 Å². The van der Waals surface area contributed by atoms with Gasteiger partial charge in [0, 0.05) is 18.1 Å². The summed E-state index contributed by atoms with van der Waals surface area (Å²) in [6.07, 6.45) is 47.8. The van der Waals surface area contributed by atoms with E-state index in [1.807, 2.05) is 0 Å². The normalized spacial score (nSPS) is 31.2. The fourth-order valence-corrected chi connectivity index (χ4v) is 8.22. The maximum absolute atomic E-state index is 8.24. The van der Waals surface area contributed by atoms with E-state index in [0.717, 1.165) is 37.0 Å². The van der Waals surface area contributed by atoms with Gasteiger partial charge in [-0.1, -0.05) is 84.1 Å². The molecule has 0 radical (unpaired) electrons. The molecule has 5 aliphatic carbocycles. The lowest BCUT2D eigenvalue weighted by Crippen LogP contribution is -2.33. The minimum atomic E-state index is 0.233. The number of nitrogens with one attached hydrogen (secondary N) is 2. The molecule has 2 nitrogen and oxygen atoms in total. The van der Waals surface area contributed by atoms with Gasteiger partial charge in [-0.15, -0.1) is 0 Å². The molecule has 0 spiro atoms. The zero-order chi connectivity index (χ0) is 27.6. The molecule has 40 heavy (non-hydrogen) atoms. The van der Waals surface area contributed by atoms with E-state index in [1.54, 1.807) is 28.5 Å². The zero-order valence-corrected chi connectivity index (χ0v) is 24.4. The van der Waals surface area contributed by atoms with E-state index in [2.05, 4.69) is 72.9 Å². The monoisotopic (exact) mass is 534 g/mol. The Labute approximate surface area is 243 Å². The zero-order valence-electron chi connectivity index (χ0n) is 24.4. The highest BCUT2D eigenvalue weighted by molar-refractivity contribution is 5.63. The van der Waals surface area contributed by atoms with E-state index in [1.165, 1.54) is 76.8 Å². The van der Waals surface area contributed by atoms with Crippen molar-refractivity contribution < 1.29 is 0 Å². The van der Waals surface area contributed by atoms with Gasteiger partial charge in [-0.25, -0.2) is 0 Å². The summed E-state index contributed by atoms with van der Waals surface area (Å²) in [6.45, 7) is 0. The molecule has 5 aliphatic rings. The van der Waals surface area contributed by atoms with Gasteiger partial charge in [0.1, 0.15) is 0 Å². The third kappa shape index (κ3) is 7.12. The van der Waals surface area contributed by atoms with Crippen LogP contribution in [0, 0.1) is 46.3 Å². The molecule has 2 N–H and O–H groups in total. The molecule has 0 aromatic heterocycles. The number of rotatable bonds is 11. The van der Waals surface area contributed by atoms with Crippen molar-refractivity contribution in [2.75, 3.05) is 0 Å². The molecule has 0 bridgehead atoms. The first-order chi connectivity index (χ1) is 19.8. The van der Waals surface area contributed by atoms with Gasteiger partial charge in [-0.3, -0.25) is 0 Å². The van der Waals surface area contributed by atoms with Crippen molar-refractivity contribution in [1.82, 2.24) is 0 Å². The van der Waals surface area contributed by atoms with E-state index in [0.29, 0.717) is 11.8 Å². The van der Waals surface area contributed by atoms with E-state index >= 15 is 0 Å². The summed E-state index contributed by atoms with van der Waals surface area (Å²) in [5.41, 5.74) is 6.47. The van der Waals surface area contributed by atoms with E-state index in [4.69, 9.17) is 10.8 Å². The van der Waals surface area contributed by atoms with Gasteiger partial charge < -0.3 is 10.8 Å². The third-order valence-corrected chi connectivity index (χ3v) is 10.3. The van der Waals surface area contributed by atoms with Crippen LogP contribution in [0.15, 0.2) is 95.2 Å². The number of unbranched alkanes of at least 4 members (excludes halogenated alkanes) is 1. The highest BCUT2D eigenvalue weighted by Gasteiger charge is 2.39. The van der Waals surface area contributed by atoms with Gasteiger partial charge in [0.2, 0.25) is 0 Å². The Hall–Kier alpha value is -2.74. The van der Waals surface area contributed by atoms with Crippen molar-refractivity contribution >= 4 is 12.4 Å². The maximum Gasteiger partial charge on any atom is 0.0185 e. The first-order valence-electron chi connectivity index (χ1n) is 16.2. The van der Waals surface area contributed by atoms with Crippen molar-refractivity contribution in [3.05, 3.63) is 95.2 Å². The molecule has 1 saturated carbocycles. The Morgan fingerprint density at radius 3 is 2.55 bits per heavy atom. The van der Waals surface area contributed by atoms with Gasteiger partial charge >= 0.3 is 0 Å². The summed E-state index contributed by atoms with van der Waals surface area (Å²) < 4.78 is 0. The van der Waals surface area contributed by atoms with Crippen LogP contribution >= 0.6 is 0 Å². The van der Waals surface area contributed by atoms with Crippen molar-refractivity contribution in [3.8, 4) is 0 Å². The SMILES string of the molecule is N=CCC/C=C/C=C/CC(C=N)C1=C2C=CCCC2C(C2CCC(C3=CCCC(C4C=CC=CC4)=C3)CC2)CC1. The number of hydrogen-bond donors (Lipinski definition) is 2. The van der Waals surface area contributed by atoms with Crippen LogP contribution in [-0.2, 0) is 0 Å². The molecular formula is C38H50N2. The number of fused-ring (bicyclic) bond motifs is 1. The van der Waals surface area contributed by atoms with E-state index in [-0.39, 0.29) is 5.92 Å². The van der Waals surface area contributed by atoms with Gasteiger partial charge in [0.05, 0.1) is 0 Å².